The molecular weight excluding hydrogens is 300 g/mol. The van der Waals surface area contributed by atoms with Crippen LogP contribution in [0.15, 0.2) is 12.7 Å². The summed E-state index contributed by atoms with van der Waals surface area (Å²) >= 11 is 0. The van der Waals surface area contributed by atoms with Gasteiger partial charge in [0.15, 0.2) is 6.29 Å². The number of ether oxygens (including phenoxy) is 2. The highest BCUT2D eigenvalue weighted by Crippen LogP contribution is 2.22. The lowest BCUT2D eigenvalue weighted by atomic mass is 9.99. The Morgan fingerprint density at radius 1 is 0.870 bits per heavy atom. The average Bonchev–Trinajstić information content (AvgIpc) is 2.56. The van der Waals surface area contributed by atoms with Crippen molar-refractivity contribution in [3.63, 3.8) is 0 Å². The predicted octanol–water partition coefficient (Wildman–Crippen LogP) is 1.11. The lowest BCUT2D eigenvalue weighted by Gasteiger charge is -2.39. The van der Waals surface area contributed by atoms with Gasteiger partial charge in [0, 0.05) is 6.61 Å². The summed E-state index contributed by atoms with van der Waals surface area (Å²) in [5.41, 5.74) is 0. The zero-order valence-corrected chi connectivity index (χ0v) is 13.8. The summed E-state index contributed by atoms with van der Waals surface area (Å²) in [6.45, 7) is 3.69. The fourth-order valence-electron chi connectivity index (χ4n) is 2.68. The molecule has 0 radical (unpaired) electrons. The average molecular weight is 332 g/mol. The Kier molecular flexibility index (Phi) is 10.7. The number of aliphatic hydroxyl groups excluding tert-OH is 4. The fraction of sp³-hybridized carbons (Fsp3) is 0.882. The summed E-state index contributed by atoms with van der Waals surface area (Å²) in [4.78, 5) is 0. The summed E-state index contributed by atoms with van der Waals surface area (Å²) in [5.74, 6) is 0. The van der Waals surface area contributed by atoms with E-state index in [4.69, 9.17) is 14.6 Å². The lowest BCUT2D eigenvalue weighted by Crippen LogP contribution is -2.59. The zero-order chi connectivity index (χ0) is 17.1. The van der Waals surface area contributed by atoms with E-state index in [1.807, 2.05) is 6.08 Å². The highest BCUT2D eigenvalue weighted by molar-refractivity contribution is 4.88. The first-order valence-corrected chi connectivity index (χ1v) is 8.64. The monoisotopic (exact) mass is 332 g/mol. The van der Waals surface area contributed by atoms with E-state index in [1.54, 1.807) is 0 Å². The first kappa shape index (κ1) is 20.5. The van der Waals surface area contributed by atoms with Crippen molar-refractivity contribution in [2.24, 2.45) is 0 Å². The molecular formula is C17H32O6. The Balaban J connectivity index is 2.07. The maximum atomic E-state index is 9.82. The van der Waals surface area contributed by atoms with Crippen molar-refractivity contribution in [2.75, 3.05) is 13.2 Å². The van der Waals surface area contributed by atoms with E-state index in [0.717, 1.165) is 25.7 Å². The molecule has 1 rings (SSSR count). The molecule has 1 heterocycles. The van der Waals surface area contributed by atoms with E-state index in [1.165, 1.54) is 25.7 Å². The first-order valence-electron chi connectivity index (χ1n) is 8.64. The number of allylic oxidation sites excluding steroid dienone is 1. The van der Waals surface area contributed by atoms with Crippen molar-refractivity contribution >= 4 is 0 Å². The van der Waals surface area contributed by atoms with Gasteiger partial charge in [-0.2, -0.15) is 0 Å². The van der Waals surface area contributed by atoms with Crippen LogP contribution in [0.4, 0.5) is 0 Å². The van der Waals surface area contributed by atoms with E-state index >= 15 is 0 Å². The third-order valence-corrected chi connectivity index (χ3v) is 4.18. The van der Waals surface area contributed by atoms with Crippen LogP contribution in [-0.2, 0) is 9.47 Å². The number of aliphatic hydroxyl groups is 4. The minimum atomic E-state index is -1.37. The van der Waals surface area contributed by atoms with Crippen LogP contribution in [0.1, 0.15) is 51.4 Å². The Hall–Kier alpha value is -0.500. The minimum Gasteiger partial charge on any atom is -0.394 e. The molecule has 0 aromatic heterocycles. The second-order valence-electron chi connectivity index (χ2n) is 6.12. The second kappa shape index (κ2) is 11.9. The highest BCUT2D eigenvalue weighted by Gasteiger charge is 2.43. The number of rotatable bonds is 12. The van der Waals surface area contributed by atoms with Gasteiger partial charge in [-0.3, -0.25) is 0 Å². The SMILES string of the molecule is C=CCCCCCCCCCO[C@H]1O[C@H](CO)[C@H](O)[C@H](O)[C@H]1O. The van der Waals surface area contributed by atoms with Crippen LogP contribution in [0, 0.1) is 0 Å². The van der Waals surface area contributed by atoms with Gasteiger partial charge in [-0.05, 0) is 19.3 Å². The Morgan fingerprint density at radius 3 is 2.09 bits per heavy atom. The van der Waals surface area contributed by atoms with Crippen molar-refractivity contribution in [1.29, 1.82) is 0 Å². The normalized spacial score (nSPS) is 31.2. The lowest BCUT2D eigenvalue weighted by molar-refractivity contribution is -0.301. The van der Waals surface area contributed by atoms with Crippen LogP contribution in [0.25, 0.3) is 0 Å². The Labute approximate surface area is 138 Å². The third-order valence-electron chi connectivity index (χ3n) is 4.18. The molecule has 0 saturated carbocycles. The van der Waals surface area contributed by atoms with E-state index in [2.05, 4.69) is 6.58 Å². The van der Waals surface area contributed by atoms with Gasteiger partial charge < -0.3 is 29.9 Å². The van der Waals surface area contributed by atoms with Crippen LogP contribution < -0.4 is 0 Å². The first-order chi connectivity index (χ1) is 11.1. The molecule has 0 aliphatic carbocycles. The third kappa shape index (κ3) is 7.28. The van der Waals surface area contributed by atoms with E-state index in [-0.39, 0.29) is 0 Å². The van der Waals surface area contributed by atoms with Gasteiger partial charge in [0.1, 0.15) is 24.4 Å². The van der Waals surface area contributed by atoms with Crippen molar-refractivity contribution in [1.82, 2.24) is 0 Å². The smallest absolute Gasteiger partial charge is 0.186 e. The summed E-state index contributed by atoms with van der Waals surface area (Å²) in [5, 5.41) is 38.2. The number of unbranched alkanes of at least 4 members (excludes halogenated alkanes) is 7. The summed E-state index contributed by atoms with van der Waals surface area (Å²) in [6.07, 6.45) is 5.04. The van der Waals surface area contributed by atoms with Crippen molar-refractivity contribution < 1.29 is 29.9 Å². The second-order valence-corrected chi connectivity index (χ2v) is 6.12. The largest absolute Gasteiger partial charge is 0.394 e. The van der Waals surface area contributed by atoms with E-state index < -0.39 is 37.3 Å². The van der Waals surface area contributed by atoms with Gasteiger partial charge in [-0.1, -0.05) is 38.2 Å². The minimum absolute atomic E-state index is 0.416. The molecule has 0 aromatic carbocycles. The van der Waals surface area contributed by atoms with E-state index in [9.17, 15) is 15.3 Å². The quantitative estimate of drug-likeness (QED) is 0.316. The molecule has 0 unspecified atom stereocenters. The number of hydrogen-bond acceptors (Lipinski definition) is 6. The fourth-order valence-corrected chi connectivity index (χ4v) is 2.68. The van der Waals surface area contributed by atoms with Crippen molar-refractivity contribution in [3.8, 4) is 0 Å². The molecule has 4 N–H and O–H groups in total. The van der Waals surface area contributed by atoms with Gasteiger partial charge in [-0.15, -0.1) is 6.58 Å². The van der Waals surface area contributed by atoms with E-state index in [0.29, 0.717) is 6.61 Å². The van der Waals surface area contributed by atoms with Gasteiger partial charge in [-0.25, -0.2) is 0 Å². The highest BCUT2D eigenvalue weighted by atomic mass is 16.7. The molecule has 1 saturated heterocycles. The van der Waals surface area contributed by atoms with Gasteiger partial charge in [0.2, 0.25) is 0 Å². The predicted molar refractivity (Wildman–Crippen MR) is 86.9 cm³/mol. The summed E-state index contributed by atoms with van der Waals surface area (Å²) < 4.78 is 10.7. The van der Waals surface area contributed by atoms with Gasteiger partial charge >= 0.3 is 0 Å². The molecule has 1 fully saturated rings. The Bertz CT molecular complexity index is 309. The molecule has 1 aliphatic rings. The molecule has 5 atom stereocenters. The van der Waals surface area contributed by atoms with Crippen LogP contribution >= 0.6 is 0 Å². The molecule has 136 valence electrons. The maximum Gasteiger partial charge on any atom is 0.186 e. The summed E-state index contributed by atoms with van der Waals surface area (Å²) in [6, 6.07) is 0. The summed E-state index contributed by atoms with van der Waals surface area (Å²) in [7, 11) is 0. The zero-order valence-electron chi connectivity index (χ0n) is 13.8. The van der Waals surface area contributed by atoms with Crippen LogP contribution in [0.2, 0.25) is 0 Å². The molecule has 6 nitrogen and oxygen atoms in total. The molecule has 1 aliphatic heterocycles. The molecule has 0 bridgehead atoms. The molecule has 0 amide bonds. The topological polar surface area (TPSA) is 99.4 Å². The molecule has 6 heteroatoms. The standard InChI is InChI=1S/C17H32O6/c1-2-3-4-5-6-7-8-9-10-11-22-17-16(21)15(20)14(19)13(12-18)23-17/h2,13-21H,1,3-12H2/t13-,14+,15+,16-,17+/m1/s1. The van der Waals surface area contributed by atoms with Crippen LogP contribution in [0.3, 0.4) is 0 Å². The maximum absolute atomic E-state index is 9.82. The Morgan fingerprint density at radius 2 is 1.48 bits per heavy atom. The molecule has 0 spiro atoms. The van der Waals surface area contributed by atoms with Crippen molar-refractivity contribution in [2.45, 2.75) is 82.1 Å². The van der Waals surface area contributed by atoms with Crippen LogP contribution in [0.5, 0.6) is 0 Å². The molecule has 23 heavy (non-hydrogen) atoms. The van der Waals surface area contributed by atoms with Gasteiger partial charge in [0.05, 0.1) is 6.61 Å². The van der Waals surface area contributed by atoms with Crippen LogP contribution in [-0.4, -0.2) is 64.3 Å². The number of hydrogen-bond donors (Lipinski definition) is 4. The van der Waals surface area contributed by atoms with Gasteiger partial charge in [0.25, 0.3) is 0 Å². The molecule has 0 aromatic rings. The van der Waals surface area contributed by atoms with Crippen molar-refractivity contribution in [3.05, 3.63) is 12.7 Å².